The van der Waals surface area contributed by atoms with Crippen molar-refractivity contribution < 1.29 is 27.2 Å². The SMILES string of the molecule is CC(C)c1nnc([C@H]2CC[C@H](C(=O)CCCNC(=O)c3cn(-c4ccccc4)nc3C(F)(F)F)CN2)o1. The second kappa shape index (κ2) is 11.2. The third-order valence-electron chi connectivity index (χ3n) is 6.25. The number of para-hydroxylation sites is 1. The van der Waals surface area contributed by atoms with Crippen LogP contribution in [0.25, 0.3) is 5.69 Å². The van der Waals surface area contributed by atoms with Gasteiger partial charge in [0.05, 0.1) is 17.3 Å². The summed E-state index contributed by atoms with van der Waals surface area (Å²) in [7, 11) is 0. The second-order valence-electron chi connectivity index (χ2n) is 9.36. The fourth-order valence-electron chi connectivity index (χ4n) is 4.19. The number of Topliss-reactive ketones (excluding diaryl/α,β-unsaturated/α-hetero) is 1. The van der Waals surface area contributed by atoms with E-state index in [1.54, 1.807) is 30.3 Å². The molecule has 1 aliphatic rings. The Hall–Kier alpha value is -3.54. The van der Waals surface area contributed by atoms with Gasteiger partial charge in [-0.15, -0.1) is 10.2 Å². The molecule has 1 amide bonds. The number of hydrogen-bond donors (Lipinski definition) is 2. The van der Waals surface area contributed by atoms with E-state index >= 15 is 0 Å². The number of nitrogens with zero attached hydrogens (tertiary/aromatic N) is 4. The normalized spacial score (nSPS) is 18.2. The van der Waals surface area contributed by atoms with Gasteiger partial charge in [-0.05, 0) is 31.4 Å². The van der Waals surface area contributed by atoms with E-state index in [1.165, 1.54) is 0 Å². The molecular formula is C25H29F3N6O3. The Kier molecular flexibility index (Phi) is 8.06. The van der Waals surface area contributed by atoms with Crippen LogP contribution in [0.3, 0.4) is 0 Å². The van der Waals surface area contributed by atoms with Crippen LogP contribution >= 0.6 is 0 Å². The molecule has 12 heteroatoms. The fraction of sp³-hybridized carbons (Fsp3) is 0.480. The molecule has 2 N–H and O–H groups in total. The highest BCUT2D eigenvalue weighted by atomic mass is 19.4. The molecule has 1 fully saturated rings. The van der Waals surface area contributed by atoms with Gasteiger partial charge in [-0.25, -0.2) is 4.68 Å². The third kappa shape index (κ3) is 6.43. The largest absolute Gasteiger partial charge is 0.435 e. The summed E-state index contributed by atoms with van der Waals surface area (Å²) >= 11 is 0. The van der Waals surface area contributed by atoms with Gasteiger partial charge >= 0.3 is 6.18 Å². The molecule has 0 radical (unpaired) electrons. The fourth-order valence-corrected chi connectivity index (χ4v) is 4.19. The van der Waals surface area contributed by atoms with Gasteiger partial charge in [-0.2, -0.15) is 18.3 Å². The van der Waals surface area contributed by atoms with Crippen molar-refractivity contribution in [2.45, 2.75) is 57.7 Å². The highest BCUT2D eigenvalue weighted by Gasteiger charge is 2.39. The maximum Gasteiger partial charge on any atom is 0.435 e. The van der Waals surface area contributed by atoms with Crippen molar-refractivity contribution in [1.29, 1.82) is 0 Å². The zero-order valence-electron chi connectivity index (χ0n) is 20.6. The molecule has 3 aromatic rings. The van der Waals surface area contributed by atoms with Gasteiger partial charge in [0.15, 0.2) is 5.69 Å². The lowest BCUT2D eigenvalue weighted by atomic mass is 9.89. The average molecular weight is 519 g/mol. The zero-order valence-corrected chi connectivity index (χ0v) is 20.6. The summed E-state index contributed by atoms with van der Waals surface area (Å²) < 4.78 is 47.2. The van der Waals surface area contributed by atoms with Crippen LogP contribution in [0.1, 0.15) is 79.3 Å². The van der Waals surface area contributed by atoms with Crippen LogP contribution in [-0.2, 0) is 11.0 Å². The van der Waals surface area contributed by atoms with E-state index in [4.69, 9.17) is 4.42 Å². The molecule has 3 heterocycles. The highest BCUT2D eigenvalue weighted by Crippen LogP contribution is 2.31. The predicted octanol–water partition coefficient (Wildman–Crippen LogP) is 4.22. The van der Waals surface area contributed by atoms with Crippen molar-refractivity contribution in [2.24, 2.45) is 5.92 Å². The number of nitrogens with one attached hydrogen (secondary N) is 2. The molecule has 0 bridgehead atoms. The average Bonchev–Trinajstić information content (AvgIpc) is 3.55. The van der Waals surface area contributed by atoms with Gasteiger partial charge in [-0.1, -0.05) is 32.0 Å². The van der Waals surface area contributed by atoms with Gasteiger partial charge in [0, 0.05) is 37.5 Å². The number of hydrogen-bond acceptors (Lipinski definition) is 7. The first kappa shape index (κ1) is 26.5. The molecule has 0 saturated carbocycles. The van der Waals surface area contributed by atoms with Crippen molar-refractivity contribution in [2.75, 3.05) is 13.1 Å². The number of amides is 1. The molecule has 0 unspecified atom stereocenters. The van der Waals surface area contributed by atoms with E-state index < -0.39 is 23.3 Å². The quantitative estimate of drug-likeness (QED) is 0.408. The Labute approximate surface area is 211 Å². The molecule has 9 nitrogen and oxygen atoms in total. The number of carbonyl (C=O) groups is 2. The number of piperidine rings is 1. The Morgan fingerprint density at radius 2 is 1.95 bits per heavy atom. The Bertz CT molecular complexity index is 1210. The summed E-state index contributed by atoms with van der Waals surface area (Å²) in [6.07, 6.45) is -1.85. The summed E-state index contributed by atoms with van der Waals surface area (Å²) in [5, 5.41) is 17.5. The van der Waals surface area contributed by atoms with Crippen molar-refractivity contribution in [3.8, 4) is 5.69 Å². The van der Waals surface area contributed by atoms with Crippen molar-refractivity contribution in [3.05, 3.63) is 59.6 Å². The van der Waals surface area contributed by atoms with Crippen molar-refractivity contribution in [1.82, 2.24) is 30.6 Å². The lowest BCUT2D eigenvalue weighted by Gasteiger charge is -2.27. The van der Waals surface area contributed by atoms with Crippen LogP contribution in [0, 0.1) is 5.92 Å². The van der Waals surface area contributed by atoms with E-state index in [0.717, 1.165) is 10.9 Å². The molecule has 4 rings (SSSR count). The first-order valence-corrected chi connectivity index (χ1v) is 12.2. The molecule has 2 atom stereocenters. The standard InChI is InChI=1S/C25H29F3N6O3/c1-15(2)23-31-32-24(37-23)19-11-10-16(13-30-19)20(35)9-6-12-29-22(36)18-14-34(17-7-4-3-5-8-17)33-21(18)25(26,27)28/h3-5,7-8,14-16,19,30H,6,9-13H2,1-2H3,(H,29,36)/t16-,19+/m0/s1. The molecule has 1 saturated heterocycles. The minimum Gasteiger partial charge on any atom is -0.423 e. The first-order valence-electron chi connectivity index (χ1n) is 12.2. The maximum atomic E-state index is 13.5. The summed E-state index contributed by atoms with van der Waals surface area (Å²) in [5.74, 6) is 0.212. The van der Waals surface area contributed by atoms with E-state index in [0.29, 0.717) is 43.3 Å². The Morgan fingerprint density at radius 1 is 1.19 bits per heavy atom. The molecule has 0 aliphatic carbocycles. The van der Waals surface area contributed by atoms with Crippen LogP contribution in [0.15, 0.2) is 40.9 Å². The Morgan fingerprint density at radius 3 is 2.57 bits per heavy atom. The van der Waals surface area contributed by atoms with Crippen molar-refractivity contribution >= 4 is 11.7 Å². The molecular weight excluding hydrogens is 489 g/mol. The maximum absolute atomic E-state index is 13.5. The minimum absolute atomic E-state index is 0.0430. The van der Waals surface area contributed by atoms with Gasteiger partial charge in [0.25, 0.3) is 5.91 Å². The summed E-state index contributed by atoms with van der Waals surface area (Å²) in [6.45, 7) is 4.48. The van der Waals surface area contributed by atoms with Gasteiger partial charge in [-0.3, -0.25) is 9.59 Å². The number of ketones is 1. The number of aromatic nitrogens is 4. The van der Waals surface area contributed by atoms with Crippen LogP contribution < -0.4 is 10.6 Å². The molecule has 198 valence electrons. The monoisotopic (exact) mass is 518 g/mol. The molecule has 1 aliphatic heterocycles. The highest BCUT2D eigenvalue weighted by molar-refractivity contribution is 5.95. The number of rotatable bonds is 9. The van der Waals surface area contributed by atoms with E-state index in [-0.39, 0.29) is 36.6 Å². The zero-order chi connectivity index (χ0) is 26.6. The molecule has 37 heavy (non-hydrogen) atoms. The summed E-state index contributed by atoms with van der Waals surface area (Å²) in [4.78, 5) is 25.2. The second-order valence-corrected chi connectivity index (χ2v) is 9.36. The minimum atomic E-state index is -4.79. The van der Waals surface area contributed by atoms with Crippen molar-refractivity contribution in [3.63, 3.8) is 0 Å². The summed E-state index contributed by atoms with van der Waals surface area (Å²) in [5.41, 5.74) is -1.41. The number of halogens is 3. The lowest BCUT2D eigenvalue weighted by Crippen LogP contribution is -2.37. The molecule has 2 aromatic heterocycles. The first-order chi connectivity index (χ1) is 17.6. The van der Waals surface area contributed by atoms with Crippen LogP contribution in [-0.4, -0.2) is 44.8 Å². The van der Waals surface area contributed by atoms with Crippen LogP contribution in [0.4, 0.5) is 13.2 Å². The van der Waals surface area contributed by atoms with Gasteiger partial charge in [0.1, 0.15) is 5.78 Å². The van der Waals surface area contributed by atoms with E-state index in [9.17, 15) is 22.8 Å². The summed E-state index contributed by atoms with van der Waals surface area (Å²) in [6, 6.07) is 8.14. The number of benzene rings is 1. The van der Waals surface area contributed by atoms with Gasteiger partial charge < -0.3 is 15.1 Å². The number of carbonyl (C=O) groups excluding carboxylic acids is 2. The topological polar surface area (TPSA) is 115 Å². The lowest BCUT2D eigenvalue weighted by molar-refractivity contribution is -0.141. The van der Waals surface area contributed by atoms with Gasteiger partial charge in [0.2, 0.25) is 11.8 Å². The third-order valence-corrected chi connectivity index (χ3v) is 6.25. The van der Waals surface area contributed by atoms with Crippen LogP contribution in [0.2, 0.25) is 0 Å². The van der Waals surface area contributed by atoms with Crippen LogP contribution in [0.5, 0.6) is 0 Å². The van der Waals surface area contributed by atoms with E-state index in [1.807, 2.05) is 13.8 Å². The smallest absolute Gasteiger partial charge is 0.423 e. The van der Waals surface area contributed by atoms with E-state index in [2.05, 4.69) is 25.9 Å². The Balaban J connectivity index is 1.26. The predicted molar refractivity (Wildman–Crippen MR) is 127 cm³/mol. The molecule has 0 spiro atoms. The number of alkyl halides is 3. The molecule has 1 aromatic carbocycles.